The second-order valence-corrected chi connectivity index (χ2v) is 11.0. The molecule has 4 aromatic rings. The van der Waals surface area contributed by atoms with Crippen molar-refractivity contribution in [3.8, 4) is 0 Å². The van der Waals surface area contributed by atoms with E-state index in [1.54, 1.807) is 40.7 Å². The minimum absolute atomic E-state index is 0.245. The third kappa shape index (κ3) is 4.96. The average Bonchev–Trinajstić information content (AvgIpc) is 3.27. The van der Waals surface area contributed by atoms with Gasteiger partial charge in [-0.25, -0.2) is 13.1 Å². The van der Waals surface area contributed by atoms with Crippen molar-refractivity contribution in [2.45, 2.75) is 31.2 Å². The number of nitrogens with one attached hydrogen (secondary N) is 1. The molecule has 1 aromatic heterocycles. The van der Waals surface area contributed by atoms with Crippen LogP contribution in [0, 0.1) is 5.92 Å². The number of anilines is 1. The van der Waals surface area contributed by atoms with Crippen LogP contribution in [0.1, 0.15) is 35.7 Å². The molecule has 1 saturated heterocycles. The van der Waals surface area contributed by atoms with Gasteiger partial charge in [-0.2, -0.15) is 4.31 Å². The number of carbonyl (C=O) groups is 1. The smallest absolute Gasteiger partial charge is 0.255 e. The minimum Gasteiger partial charge on any atom is -0.322 e. The number of hydrogen-bond acceptors (Lipinski definition) is 5. The topological polar surface area (TPSA) is 97.2 Å². The quantitative estimate of drug-likeness (QED) is 0.439. The first kappa shape index (κ1) is 23.2. The standard InChI is InChI=1S/C26H27N5O3S/c1-19-5-4-16-30(17-19)35(33,34)23-14-12-22(13-15-23)27-26(32)21-10-8-20(9-11-21)18-31-25-7-3-2-6-24(25)28-29-31/h2-3,6-15,19H,4-5,16-18H2,1H3,(H,27,32). The molecule has 8 nitrogen and oxygen atoms in total. The van der Waals surface area contributed by atoms with Gasteiger partial charge in [0.1, 0.15) is 5.52 Å². The molecule has 180 valence electrons. The number of nitrogens with zero attached hydrogens (tertiary/aromatic N) is 4. The molecule has 35 heavy (non-hydrogen) atoms. The molecular weight excluding hydrogens is 462 g/mol. The van der Waals surface area contributed by atoms with E-state index in [1.165, 1.54) is 0 Å². The summed E-state index contributed by atoms with van der Waals surface area (Å²) in [4.78, 5) is 13.0. The molecule has 0 aliphatic carbocycles. The van der Waals surface area contributed by atoms with Crippen LogP contribution in [0.2, 0.25) is 0 Å². The van der Waals surface area contributed by atoms with Gasteiger partial charge in [0, 0.05) is 24.3 Å². The highest BCUT2D eigenvalue weighted by atomic mass is 32.2. The number of amides is 1. The third-order valence-corrected chi connectivity index (χ3v) is 8.22. The average molecular weight is 490 g/mol. The molecule has 1 atom stereocenters. The maximum Gasteiger partial charge on any atom is 0.255 e. The summed E-state index contributed by atoms with van der Waals surface area (Å²) >= 11 is 0. The summed E-state index contributed by atoms with van der Waals surface area (Å²) in [6.45, 7) is 3.72. The Morgan fingerprint density at radius 2 is 1.77 bits per heavy atom. The lowest BCUT2D eigenvalue weighted by Crippen LogP contribution is -2.39. The summed E-state index contributed by atoms with van der Waals surface area (Å²) in [5, 5.41) is 11.2. The second kappa shape index (κ2) is 9.59. The summed E-state index contributed by atoms with van der Waals surface area (Å²) in [5.74, 6) is 0.0993. The Morgan fingerprint density at radius 1 is 1.03 bits per heavy atom. The van der Waals surface area contributed by atoms with E-state index in [-0.39, 0.29) is 10.8 Å². The number of piperidine rings is 1. The molecule has 0 radical (unpaired) electrons. The number of aromatic nitrogens is 3. The molecule has 1 aliphatic heterocycles. The van der Waals surface area contributed by atoms with Crippen LogP contribution in [0.3, 0.4) is 0 Å². The lowest BCUT2D eigenvalue weighted by molar-refractivity contribution is 0.102. The van der Waals surface area contributed by atoms with Gasteiger partial charge in [0.15, 0.2) is 0 Å². The zero-order valence-corrected chi connectivity index (χ0v) is 20.3. The van der Waals surface area contributed by atoms with Crippen LogP contribution >= 0.6 is 0 Å². The second-order valence-electron chi connectivity index (χ2n) is 9.02. The van der Waals surface area contributed by atoms with Crippen molar-refractivity contribution in [1.82, 2.24) is 19.3 Å². The fourth-order valence-electron chi connectivity index (χ4n) is 4.40. The predicted molar refractivity (Wildman–Crippen MR) is 135 cm³/mol. The van der Waals surface area contributed by atoms with E-state index in [2.05, 4.69) is 22.6 Å². The van der Waals surface area contributed by atoms with Crippen LogP contribution in [-0.4, -0.2) is 46.7 Å². The van der Waals surface area contributed by atoms with Crippen LogP contribution in [-0.2, 0) is 16.6 Å². The number of carbonyl (C=O) groups excluding carboxylic acids is 1. The molecule has 1 unspecified atom stereocenters. The van der Waals surface area contributed by atoms with Gasteiger partial charge in [0.05, 0.1) is 17.0 Å². The minimum atomic E-state index is -3.52. The van der Waals surface area contributed by atoms with E-state index >= 15 is 0 Å². The Morgan fingerprint density at radius 3 is 2.51 bits per heavy atom. The molecule has 1 fully saturated rings. The van der Waals surface area contributed by atoms with Gasteiger partial charge in [0.2, 0.25) is 10.0 Å². The number of rotatable bonds is 6. The lowest BCUT2D eigenvalue weighted by atomic mass is 10.0. The Labute approximate surface area is 204 Å². The van der Waals surface area contributed by atoms with Crippen molar-refractivity contribution in [2.24, 2.45) is 5.92 Å². The molecule has 1 N–H and O–H groups in total. The Hall–Kier alpha value is -3.56. The van der Waals surface area contributed by atoms with Crippen molar-refractivity contribution < 1.29 is 13.2 Å². The van der Waals surface area contributed by atoms with Crippen LogP contribution in [0.4, 0.5) is 5.69 Å². The molecule has 0 saturated carbocycles. The number of sulfonamides is 1. The monoisotopic (exact) mass is 489 g/mol. The third-order valence-electron chi connectivity index (χ3n) is 6.34. The van der Waals surface area contributed by atoms with Gasteiger partial charge < -0.3 is 5.32 Å². The predicted octanol–water partition coefficient (Wildman–Crippen LogP) is 4.15. The summed E-state index contributed by atoms with van der Waals surface area (Å²) in [6.07, 6.45) is 1.93. The van der Waals surface area contributed by atoms with E-state index < -0.39 is 10.0 Å². The molecule has 3 aromatic carbocycles. The van der Waals surface area contributed by atoms with E-state index in [0.717, 1.165) is 29.4 Å². The number of fused-ring (bicyclic) bond motifs is 1. The lowest BCUT2D eigenvalue weighted by Gasteiger charge is -2.30. The summed E-state index contributed by atoms with van der Waals surface area (Å²) < 4.78 is 29.2. The van der Waals surface area contributed by atoms with Crippen LogP contribution in [0.25, 0.3) is 11.0 Å². The molecule has 0 spiro atoms. The zero-order chi connectivity index (χ0) is 24.4. The number of hydrogen-bond donors (Lipinski definition) is 1. The van der Waals surface area contributed by atoms with Crippen molar-refractivity contribution in [3.05, 3.63) is 83.9 Å². The molecule has 1 amide bonds. The van der Waals surface area contributed by atoms with Crippen molar-refractivity contribution in [2.75, 3.05) is 18.4 Å². The van der Waals surface area contributed by atoms with E-state index in [4.69, 9.17) is 0 Å². The van der Waals surface area contributed by atoms with Gasteiger partial charge in [-0.15, -0.1) is 5.10 Å². The Kier molecular flexibility index (Phi) is 6.36. The maximum absolute atomic E-state index is 12.9. The maximum atomic E-state index is 12.9. The fourth-order valence-corrected chi connectivity index (χ4v) is 5.99. The summed E-state index contributed by atoms with van der Waals surface area (Å²) in [7, 11) is -3.52. The molecule has 2 heterocycles. The van der Waals surface area contributed by atoms with Crippen molar-refractivity contribution in [3.63, 3.8) is 0 Å². The highest BCUT2D eigenvalue weighted by molar-refractivity contribution is 7.89. The fraction of sp³-hybridized carbons (Fsp3) is 0.269. The summed E-state index contributed by atoms with van der Waals surface area (Å²) in [6, 6.07) is 21.4. The van der Waals surface area contributed by atoms with Crippen LogP contribution in [0.5, 0.6) is 0 Å². The summed E-state index contributed by atoms with van der Waals surface area (Å²) in [5.41, 5.74) is 3.84. The first-order chi connectivity index (χ1) is 16.9. The van der Waals surface area contributed by atoms with E-state index in [9.17, 15) is 13.2 Å². The van der Waals surface area contributed by atoms with Gasteiger partial charge in [-0.1, -0.05) is 36.4 Å². The number of benzene rings is 3. The molecule has 1 aliphatic rings. The van der Waals surface area contributed by atoms with Crippen molar-refractivity contribution in [1.29, 1.82) is 0 Å². The highest BCUT2D eigenvalue weighted by Crippen LogP contribution is 2.24. The van der Waals surface area contributed by atoms with E-state index in [0.29, 0.717) is 36.8 Å². The van der Waals surface area contributed by atoms with Crippen LogP contribution < -0.4 is 5.32 Å². The Balaban J connectivity index is 1.23. The first-order valence-electron chi connectivity index (χ1n) is 11.7. The van der Waals surface area contributed by atoms with Crippen molar-refractivity contribution >= 4 is 32.7 Å². The van der Waals surface area contributed by atoms with Crippen LogP contribution in [0.15, 0.2) is 77.7 Å². The highest BCUT2D eigenvalue weighted by Gasteiger charge is 2.28. The van der Waals surface area contributed by atoms with Gasteiger partial charge >= 0.3 is 0 Å². The largest absolute Gasteiger partial charge is 0.322 e. The van der Waals surface area contributed by atoms with Gasteiger partial charge in [-0.3, -0.25) is 4.79 Å². The molecule has 5 rings (SSSR count). The SMILES string of the molecule is CC1CCCN(S(=O)(=O)c2ccc(NC(=O)c3ccc(Cn4nnc5ccccc54)cc3)cc2)C1. The van der Waals surface area contributed by atoms with Gasteiger partial charge in [0.25, 0.3) is 5.91 Å². The first-order valence-corrected chi connectivity index (χ1v) is 13.1. The number of para-hydroxylation sites is 1. The zero-order valence-electron chi connectivity index (χ0n) is 19.5. The molecular formula is C26H27N5O3S. The normalized spacial score (nSPS) is 16.9. The molecule has 9 heteroatoms. The van der Waals surface area contributed by atoms with Gasteiger partial charge in [-0.05, 0) is 72.9 Å². The molecule has 0 bridgehead atoms. The Bertz CT molecular complexity index is 1450. The van der Waals surface area contributed by atoms with E-state index in [1.807, 2.05) is 41.1 Å².